The maximum atomic E-state index is 12.1. The number of halogens is 1. The van der Waals surface area contributed by atoms with E-state index in [0.29, 0.717) is 11.5 Å². The number of carboxylic acids is 2. The molecule has 11 heteroatoms. The van der Waals surface area contributed by atoms with Gasteiger partial charge in [0.05, 0.1) is 12.6 Å². The lowest BCUT2D eigenvalue weighted by Crippen LogP contribution is -2.52. The summed E-state index contributed by atoms with van der Waals surface area (Å²) >= 11 is 4.81. The Morgan fingerprint density at radius 3 is 2.39 bits per heavy atom. The molecule has 0 radical (unpaired) electrons. The molecule has 0 aliphatic heterocycles. The topological polar surface area (TPSA) is 162 Å². The summed E-state index contributed by atoms with van der Waals surface area (Å²) < 4.78 is 0.958. The minimum atomic E-state index is -1.27. The Morgan fingerprint density at radius 2 is 1.82 bits per heavy atom. The Morgan fingerprint density at radius 1 is 1.18 bits per heavy atom. The van der Waals surface area contributed by atoms with Crippen molar-refractivity contribution in [3.8, 4) is 0 Å². The SMILES string of the molecule is N[C@H](CCC(=O)N[C@@H](CSCc1ccc(Br)cc1)[C@H](O)NCC(=O)O)C(=O)O. The quantitative estimate of drug-likeness (QED) is 0.220. The number of hydrogen-bond acceptors (Lipinski definition) is 7. The summed E-state index contributed by atoms with van der Waals surface area (Å²) in [5.74, 6) is -1.85. The van der Waals surface area contributed by atoms with E-state index in [4.69, 9.17) is 15.9 Å². The summed E-state index contributed by atoms with van der Waals surface area (Å²) in [6, 6.07) is 5.79. The molecule has 0 fully saturated rings. The maximum Gasteiger partial charge on any atom is 0.320 e. The average Bonchev–Trinajstić information content (AvgIpc) is 2.64. The van der Waals surface area contributed by atoms with Crippen LogP contribution in [0.25, 0.3) is 0 Å². The maximum absolute atomic E-state index is 12.1. The number of amides is 1. The molecule has 0 aliphatic carbocycles. The van der Waals surface area contributed by atoms with Gasteiger partial charge in [-0.1, -0.05) is 28.1 Å². The van der Waals surface area contributed by atoms with E-state index in [1.54, 1.807) is 0 Å². The number of carbonyl (C=O) groups excluding carboxylic acids is 1. The molecule has 1 amide bonds. The number of aliphatic carboxylic acids is 2. The van der Waals surface area contributed by atoms with Gasteiger partial charge in [0.2, 0.25) is 5.91 Å². The number of benzene rings is 1. The van der Waals surface area contributed by atoms with E-state index in [-0.39, 0.29) is 12.8 Å². The fourth-order valence-corrected chi connectivity index (χ4v) is 3.45. The van der Waals surface area contributed by atoms with Gasteiger partial charge in [-0.2, -0.15) is 11.8 Å². The van der Waals surface area contributed by atoms with Gasteiger partial charge >= 0.3 is 11.9 Å². The van der Waals surface area contributed by atoms with Crippen LogP contribution < -0.4 is 16.4 Å². The summed E-state index contributed by atoms with van der Waals surface area (Å²) in [5, 5.41) is 32.7. The molecule has 0 saturated carbocycles. The van der Waals surface area contributed by atoms with Gasteiger partial charge < -0.3 is 26.4 Å². The molecule has 7 N–H and O–H groups in total. The van der Waals surface area contributed by atoms with E-state index in [0.717, 1.165) is 10.0 Å². The zero-order valence-electron chi connectivity index (χ0n) is 15.0. The molecular formula is C17H24BrN3O6S. The van der Waals surface area contributed by atoms with Crippen molar-refractivity contribution < 1.29 is 29.7 Å². The Balaban J connectivity index is 2.59. The van der Waals surface area contributed by atoms with Crippen LogP contribution in [0.3, 0.4) is 0 Å². The van der Waals surface area contributed by atoms with Crippen LogP contribution in [0.4, 0.5) is 0 Å². The van der Waals surface area contributed by atoms with E-state index in [2.05, 4.69) is 26.6 Å². The molecule has 0 spiro atoms. The van der Waals surface area contributed by atoms with Crippen LogP contribution in [0.2, 0.25) is 0 Å². The summed E-state index contributed by atoms with van der Waals surface area (Å²) in [4.78, 5) is 33.5. The van der Waals surface area contributed by atoms with Gasteiger partial charge in [-0.05, 0) is 24.1 Å². The second-order valence-electron chi connectivity index (χ2n) is 6.02. The third-order valence-electron chi connectivity index (χ3n) is 3.67. The molecule has 1 aromatic carbocycles. The monoisotopic (exact) mass is 477 g/mol. The lowest BCUT2D eigenvalue weighted by atomic mass is 10.1. The highest BCUT2D eigenvalue weighted by molar-refractivity contribution is 9.10. The largest absolute Gasteiger partial charge is 0.480 e. The van der Waals surface area contributed by atoms with E-state index < -0.39 is 42.7 Å². The normalized spacial score (nSPS) is 14.1. The van der Waals surface area contributed by atoms with Crippen molar-refractivity contribution >= 4 is 45.5 Å². The zero-order valence-corrected chi connectivity index (χ0v) is 17.4. The molecule has 0 aliphatic rings. The number of thioether (sulfide) groups is 1. The summed E-state index contributed by atoms with van der Waals surface area (Å²) in [6.07, 6.45) is -1.43. The van der Waals surface area contributed by atoms with Gasteiger partial charge in [-0.15, -0.1) is 0 Å². The Kier molecular flexibility index (Phi) is 11.1. The molecule has 0 bridgehead atoms. The Hall–Kier alpha value is -1.66. The molecule has 0 heterocycles. The van der Waals surface area contributed by atoms with Crippen molar-refractivity contribution in [3.05, 3.63) is 34.3 Å². The minimum absolute atomic E-state index is 0.0431. The number of nitrogens with two attached hydrogens (primary N) is 1. The zero-order chi connectivity index (χ0) is 21.1. The number of carboxylic acid groups (broad SMARTS) is 2. The summed E-state index contributed by atoms with van der Waals surface area (Å²) in [6.45, 7) is -0.463. The Bertz CT molecular complexity index is 661. The molecular weight excluding hydrogens is 454 g/mol. The number of nitrogens with one attached hydrogen (secondary N) is 2. The number of aliphatic hydroxyl groups is 1. The standard InChI is InChI=1S/C17H24BrN3O6S/c18-11-3-1-10(2-4-11)8-28-9-13(16(25)20-7-15(23)24)21-14(22)6-5-12(19)17(26)27/h1-4,12-13,16,20,25H,5-9,19H2,(H,21,22)(H,23,24)(H,26,27)/t12-,13+,16+/m1/s1. The first-order chi connectivity index (χ1) is 13.2. The molecule has 0 unspecified atom stereocenters. The second kappa shape index (κ2) is 12.7. The van der Waals surface area contributed by atoms with Crippen LogP contribution in [-0.2, 0) is 20.1 Å². The molecule has 28 heavy (non-hydrogen) atoms. The number of hydrogen-bond donors (Lipinski definition) is 6. The van der Waals surface area contributed by atoms with Crippen LogP contribution >= 0.6 is 27.7 Å². The number of aliphatic hydroxyl groups excluding tert-OH is 1. The van der Waals surface area contributed by atoms with Crippen molar-refractivity contribution in [1.82, 2.24) is 10.6 Å². The first-order valence-electron chi connectivity index (χ1n) is 8.42. The molecule has 0 saturated heterocycles. The van der Waals surface area contributed by atoms with Crippen LogP contribution in [0.15, 0.2) is 28.7 Å². The van der Waals surface area contributed by atoms with Gasteiger partial charge in [0.15, 0.2) is 0 Å². The van der Waals surface area contributed by atoms with Gasteiger partial charge in [0, 0.05) is 22.4 Å². The first-order valence-corrected chi connectivity index (χ1v) is 10.4. The second-order valence-corrected chi connectivity index (χ2v) is 7.96. The third-order valence-corrected chi connectivity index (χ3v) is 5.33. The van der Waals surface area contributed by atoms with Crippen LogP contribution in [0.1, 0.15) is 18.4 Å². The van der Waals surface area contributed by atoms with Crippen LogP contribution in [-0.4, -0.2) is 63.8 Å². The summed E-state index contributed by atoms with van der Waals surface area (Å²) in [7, 11) is 0. The van der Waals surface area contributed by atoms with Gasteiger partial charge in [-0.3, -0.25) is 19.7 Å². The molecule has 3 atom stereocenters. The molecule has 9 nitrogen and oxygen atoms in total. The van der Waals surface area contributed by atoms with E-state index in [9.17, 15) is 19.5 Å². The van der Waals surface area contributed by atoms with E-state index >= 15 is 0 Å². The molecule has 156 valence electrons. The fraction of sp³-hybridized carbons (Fsp3) is 0.471. The highest BCUT2D eigenvalue weighted by atomic mass is 79.9. The Labute approximate surface area is 175 Å². The predicted octanol–water partition coefficient (Wildman–Crippen LogP) is 0.352. The van der Waals surface area contributed by atoms with Crippen molar-refractivity contribution in [2.45, 2.75) is 36.9 Å². The highest BCUT2D eigenvalue weighted by Crippen LogP contribution is 2.17. The van der Waals surface area contributed by atoms with Crippen LogP contribution in [0.5, 0.6) is 0 Å². The van der Waals surface area contributed by atoms with Crippen molar-refractivity contribution in [3.63, 3.8) is 0 Å². The molecule has 1 rings (SSSR count). The number of rotatable bonds is 13. The van der Waals surface area contributed by atoms with E-state index in [1.807, 2.05) is 24.3 Å². The summed E-state index contributed by atoms with van der Waals surface area (Å²) in [5.41, 5.74) is 6.43. The fourth-order valence-electron chi connectivity index (χ4n) is 2.12. The first kappa shape index (κ1) is 24.4. The number of carbonyl (C=O) groups is 3. The minimum Gasteiger partial charge on any atom is -0.480 e. The van der Waals surface area contributed by atoms with Crippen molar-refractivity contribution in [2.75, 3.05) is 12.3 Å². The predicted molar refractivity (Wildman–Crippen MR) is 109 cm³/mol. The van der Waals surface area contributed by atoms with Crippen molar-refractivity contribution in [2.24, 2.45) is 5.73 Å². The smallest absolute Gasteiger partial charge is 0.320 e. The van der Waals surface area contributed by atoms with Crippen molar-refractivity contribution in [1.29, 1.82) is 0 Å². The van der Waals surface area contributed by atoms with Gasteiger partial charge in [0.25, 0.3) is 0 Å². The highest BCUT2D eigenvalue weighted by Gasteiger charge is 2.22. The lowest BCUT2D eigenvalue weighted by molar-refractivity contribution is -0.139. The molecule has 0 aromatic heterocycles. The lowest BCUT2D eigenvalue weighted by Gasteiger charge is -2.24. The average molecular weight is 478 g/mol. The molecule has 1 aromatic rings. The van der Waals surface area contributed by atoms with E-state index in [1.165, 1.54) is 11.8 Å². The van der Waals surface area contributed by atoms with Gasteiger partial charge in [-0.25, -0.2) is 0 Å². The van der Waals surface area contributed by atoms with Crippen LogP contribution in [0, 0.1) is 0 Å². The third kappa shape index (κ3) is 10.0. The van der Waals surface area contributed by atoms with Gasteiger partial charge in [0.1, 0.15) is 12.3 Å².